The minimum Gasteiger partial charge on any atom is -0.338 e. The molecule has 2 aromatic carbocycles. The van der Waals surface area contributed by atoms with E-state index in [1.54, 1.807) is 22.8 Å². The molecule has 0 bridgehead atoms. The summed E-state index contributed by atoms with van der Waals surface area (Å²) in [6.45, 7) is 6.21. The van der Waals surface area contributed by atoms with E-state index in [0.717, 1.165) is 22.4 Å². The van der Waals surface area contributed by atoms with Crippen LogP contribution in [0.1, 0.15) is 32.3 Å². The number of hydrogen-bond donors (Lipinski definition) is 0. The first kappa shape index (κ1) is 23.7. The first-order valence-corrected chi connectivity index (χ1v) is 13.6. The van der Waals surface area contributed by atoms with Gasteiger partial charge >= 0.3 is 4.87 Å². The maximum Gasteiger partial charge on any atom is 0.308 e. The normalized spacial score (nSPS) is 15.7. The van der Waals surface area contributed by atoms with Crippen LogP contribution >= 0.6 is 11.3 Å². The average molecular weight is 488 g/mol. The van der Waals surface area contributed by atoms with Crippen LogP contribution < -0.4 is 4.87 Å². The third-order valence-corrected chi connectivity index (χ3v) is 9.14. The standard InChI is InChI=1S/C24H29N3O4S2/c1-3-25(17-18-8-6-5-7-9-18)23(28)19-12-14-26(15-13-19)33(30,31)20-10-11-21-22(16-20)32-24(29)27(21)4-2/h5-11,16,19H,3-4,12-15,17H2,1-2H3. The molecule has 0 atom stereocenters. The number of benzene rings is 2. The molecule has 1 aliphatic heterocycles. The van der Waals surface area contributed by atoms with Gasteiger partial charge in [0.15, 0.2) is 0 Å². The molecule has 33 heavy (non-hydrogen) atoms. The van der Waals surface area contributed by atoms with Crippen LogP contribution in [-0.4, -0.2) is 47.7 Å². The van der Waals surface area contributed by atoms with E-state index in [0.29, 0.717) is 50.3 Å². The highest BCUT2D eigenvalue weighted by atomic mass is 32.2. The van der Waals surface area contributed by atoms with Crippen LogP contribution in [-0.2, 0) is 27.9 Å². The number of fused-ring (bicyclic) bond motifs is 1. The van der Waals surface area contributed by atoms with Gasteiger partial charge in [0.05, 0.1) is 15.1 Å². The summed E-state index contributed by atoms with van der Waals surface area (Å²) in [5.41, 5.74) is 1.84. The van der Waals surface area contributed by atoms with Crippen LogP contribution in [0.4, 0.5) is 0 Å². The van der Waals surface area contributed by atoms with Crippen LogP contribution in [0, 0.1) is 5.92 Å². The van der Waals surface area contributed by atoms with Crippen molar-refractivity contribution in [1.82, 2.24) is 13.8 Å². The second-order valence-corrected chi connectivity index (χ2v) is 11.2. The number of amides is 1. The third-order valence-electron chi connectivity index (χ3n) is 6.31. The quantitative estimate of drug-likeness (QED) is 0.511. The number of hydrogen-bond acceptors (Lipinski definition) is 5. The van der Waals surface area contributed by atoms with Gasteiger partial charge in [-0.2, -0.15) is 4.31 Å². The summed E-state index contributed by atoms with van der Waals surface area (Å²) in [5, 5.41) is 0. The smallest absolute Gasteiger partial charge is 0.308 e. The molecule has 176 valence electrons. The Balaban J connectivity index is 1.45. The van der Waals surface area contributed by atoms with Gasteiger partial charge in [-0.25, -0.2) is 8.42 Å². The number of aromatic nitrogens is 1. The van der Waals surface area contributed by atoms with Crippen LogP contribution in [0.25, 0.3) is 10.2 Å². The average Bonchev–Trinajstić information content (AvgIpc) is 3.16. The Morgan fingerprint density at radius 3 is 2.42 bits per heavy atom. The summed E-state index contributed by atoms with van der Waals surface area (Å²) in [4.78, 5) is 27.2. The van der Waals surface area contributed by atoms with Crippen molar-refractivity contribution < 1.29 is 13.2 Å². The molecule has 0 aliphatic carbocycles. The number of piperidine rings is 1. The number of rotatable bonds is 7. The molecule has 3 aromatic rings. The molecule has 9 heteroatoms. The number of thiazole rings is 1. The molecule has 0 N–H and O–H groups in total. The molecule has 1 aliphatic rings. The van der Waals surface area contributed by atoms with Gasteiger partial charge in [-0.1, -0.05) is 41.7 Å². The highest BCUT2D eigenvalue weighted by Crippen LogP contribution is 2.28. The minimum atomic E-state index is -3.68. The molecule has 0 spiro atoms. The van der Waals surface area contributed by atoms with Crippen molar-refractivity contribution in [3.05, 3.63) is 63.8 Å². The van der Waals surface area contributed by atoms with Crippen molar-refractivity contribution in [3.8, 4) is 0 Å². The Hall–Kier alpha value is -2.49. The van der Waals surface area contributed by atoms with E-state index >= 15 is 0 Å². The third kappa shape index (κ3) is 4.76. The predicted molar refractivity (Wildman–Crippen MR) is 131 cm³/mol. The highest BCUT2D eigenvalue weighted by Gasteiger charge is 2.33. The lowest BCUT2D eigenvalue weighted by atomic mass is 9.96. The summed E-state index contributed by atoms with van der Waals surface area (Å²) >= 11 is 1.07. The van der Waals surface area contributed by atoms with E-state index in [9.17, 15) is 18.0 Å². The van der Waals surface area contributed by atoms with Gasteiger partial charge in [0.1, 0.15) is 0 Å². The highest BCUT2D eigenvalue weighted by molar-refractivity contribution is 7.89. The van der Waals surface area contributed by atoms with Crippen molar-refractivity contribution >= 4 is 37.5 Å². The van der Waals surface area contributed by atoms with Crippen molar-refractivity contribution in [2.24, 2.45) is 5.92 Å². The Bertz CT molecular complexity index is 1290. The molecule has 0 unspecified atom stereocenters. The Morgan fingerprint density at radius 1 is 1.09 bits per heavy atom. The lowest BCUT2D eigenvalue weighted by molar-refractivity contribution is -0.137. The summed E-state index contributed by atoms with van der Waals surface area (Å²) in [6, 6.07) is 14.8. The predicted octanol–water partition coefficient (Wildman–Crippen LogP) is 3.53. The van der Waals surface area contributed by atoms with Crippen molar-refractivity contribution in [3.63, 3.8) is 0 Å². The number of carbonyl (C=O) groups excluding carboxylic acids is 1. The van der Waals surface area contributed by atoms with Crippen LogP contribution in [0.15, 0.2) is 58.2 Å². The number of sulfonamides is 1. The Labute approximate surface area is 198 Å². The molecular weight excluding hydrogens is 458 g/mol. The number of carbonyl (C=O) groups is 1. The fourth-order valence-electron chi connectivity index (χ4n) is 4.41. The lowest BCUT2D eigenvalue weighted by Crippen LogP contribution is -2.44. The van der Waals surface area contributed by atoms with Crippen molar-refractivity contribution in [2.45, 2.75) is 44.7 Å². The molecule has 1 fully saturated rings. The van der Waals surface area contributed by atoms with Gasteiger partial charge in [0, 0.05) is 38.6 Å². The van der Waals surface area contributed by atoms with Crippen LogP contribution in [0.2, 0.25) is 0 Å². The molecule has 4 rings (SSSR count). The van der Waals surface area contributed by atoms with E-state index in [2.05, 4.69) is 0 Å². The second kappa shape index (κ2) is 9.79. The van der Waals surface area contributed by atoms with Crippen molar-refractivity contribution in [2.75, 3.05) is 19.6 Å². The molecule has 2 heterocycles. The van der Waals surface area contributed by atoms with Gasteiger partial charge in [0.2, 0.25) is 15.9 Å². The maximum atomic E-state index is 13.3. The molecule has 0 saturated carbocycles. The molecule has 0 radical (unpaired) electrons. The lowest BCUT2D eigenvalue weighted by Gasteiger charge is -2.33. The Morgan fingerprint density at radius 2 is 1.79 bits per heavy atom. The van der Waals surface area contributed by atoms with Gasteiger partial charge in [-0.3, -0.25) is 14.2 Å². The van der Waals surface area contributed by atoms with E-state index in [1.807, 2.05) is 49.1 Å². The molecule has 1 saturated heterocycles. The van der Waals surface area contributed by atoms with E-state index in [4.69, 9.17) is 0 Å². The molecule has 7 nitrogen and oxygen atoms in total. The largest absolute Gasteiger partial charge is 0.338 e. The van der Waals surface area contributed by atoms with Gasteiger partial charge in [0.25, 0.3) is 0 Å². The fraction of sp³-hybridized carbons (Fsp3) is 0.417. The molecule has 1 amide bonds. The Kier molecular flexibility index (Phi) is 7.02. The van der Waals surface area contributed by atoms with E-state index < -0.39 is 10.0 Å². The summed E-state index contributed by atoms with van der Waals surface area (Å²) < 4.78 is 30.3. The van der Waals surface area contributed by atoms with Crippen LogP contribution in [0.3, 0.4) is 0 Å². The van der Waals surface area contributed by atoms with Gasteiger partial charge in [-0.15, -0.1) is 0 Å². The molecule has 1 aromatic heterocycles. The van der Waals surface area contributed by atoms with Crippen LogP contribution in [0.5, 0.6) is 0 Å². The monoisotopic (exact) mass is 487 g/mol. The SMILES string of the molecule is CCN(Cc1ccccc1)C(=O)C1CCN(S(=O)(=O)c2ccc3c(c2)sc(=O)n3CC)CC1. The zero-order chi connectivity index (χ0) is 23.6. The number of nitrogens with zero attached hydrogens (tertiary/aromatic N) is 3. The second-order valence-electron chi connectivity index (χ2n) is 8.26. The first-order valence-electron chi connectivity index (χ1n) is 11.3. The summed E-state index contributed by atoms with van der Waals surface area (Å²) in [7, 11) is -3.68. The van der Waals surface area contributed by atoms with Crippen molar-refractivity contribution in [1.29, 1.82) is 0 Å². The summed E-state index contributed by atoms with van der Waals surface area (Å²) in [6.07, 6.45) is 1.01. The minimum absolute atomic E-state index is 0.0858. The fourth-order valence-corrected chi connectivity index (χ4v) is 6.97. The van der Waals surface area contributed by atoms with E-state index in [1.165, 1.54) is 4.31 Å². The topological polar surface area (TPSA) is 79.7 Å². The zero-order valence-corrected chi connectivity index (χ0v) is 20.6. The first-order chi connectivity index (χ1) is 15.8. The van der Waals surface area contributed by atoms with Gasteiger partial charge in [-0.05, 0) is 50.5 Å². The van der Waals surface area contributed by atoms with E-state index in [-0.39, 0.29) is 21.6 Å². The van der Waals surface area contributed by atoms with Gasteiger partial charge < -0.3 is 4.90 Å². The zero-order valence-electron chi connectivity index (χ0n) is 18.9. The number of aryl methyl sites for hydroxylation is 1. The summed E-state index contributed by atoms with van der Waals surface area (Å²) in [5.74, 6) is -0.0862. The molecular formula is C24H29N3O4S2. The maximum absolute atomic E-state index is 13.3.